The number of hydrogen-bond acceptors (Lipinski definition) is 2. The van der Waals surface area contributed by atoms with Gasteiger partial charge in [-0.2, -0.15) is 0 Å². The zero-order valence-corrected chi connectivity index (χ0v) is 15.7. The second kappa shape index (κ2) is 6.57. The molecule has 0 amide bonds. The van der Waals surface area contributed by atoms with Crippen LogP contribution in [0.4, 0.5) is 0 Å². The molecular weight excluding hydrogens is 290 g/mol. The van der Waals surface area contributed by atoms with E-state index in [-0.39, 0.29) is 11.3 Å². The first-order valence-corrected chi connectivity index (χ1v) is 11.0. The summed E-state index contributed by atoms with van der Waals surface area (Å²) in [7, 11) is -1.84. The first-order chi connectivity index (χ1) is 10.2. The molecule has 0 saturated carbocycles. The molecule has 2 rings (SSSR count). The Bertz CT molecular complexity index is 613. The van der Waals surface area contributed by atoms with Gasteiger partial charge in [0.25, 0.3) is 0 Å². The number of ether oxygens (including phenoxy) is 1. The summed E-state index contributed by atoms with van der Waals surface area (Å²) >= 11 is 0. The monoisotopic (exact) mass is 319 g/mol. The van der Waals surface area contributed by atoms with E-state index < -0.39 is 8.32 Å². The molecular formula is C18H29NO2Si. The molecule has 1 aromatic heterocycles. The van der Waals surface area contributed by atoms with Crippen molar-refractivity contribution in [1.82, 2.24) is 4.57 Å². The van der Waals surface area contributed by atoms with Gasteiger partial charge in [0.15, 0.2) is 14.6 Å². The number of rotatable bonds is 6. The number of nitrogens with zero attached hydrogens (tertiary/aromatic N) is 1. The summed E-state index contributed by atoms with van der Waals surface area (Å²) < 4.78 is 14.6. The van der Waals surface area contributed by atoms with Crippen LogP contribution in [0.1, 0.15) is 27.7 Å². The maximum absolute atomic E-state index is 6.46. The summed E-state index contributed by atoms with van der Waals surface area (Å²) in [6, 6.07) is 10.6. The molecule has 1 heterocycles. The fourth-order valence-electron chi connectivity index (χ4n) is 2.28. The number of aromatic nitrogens is 1. The first-order valence-electron chi connectivity index (χ1n) is 8.08. The van der Waals surface area contributed by atoms with E-state index in [0.717, 1.165) is 6.54 Å². The van der Waals surface area contributed by atoms with Crippen LogP contribution in [-0.4, -0.2) is 25.8 Å². The molecule has 4 heteroatoms. The molecule has 0 aliphatic heterocycles. The molecule has 1 unspecified atom stereocenters. The van der Waals surface area contributed by atoms with Crippen LogP contribution < -0.4 is 0 Å². The molecule has 0 spiro atoms. The minimum Gasteiger partial charge on any atom is -0.391 e. The van der Waals surface area contributed by atoms with Crippen LogP contribution in [0, 0.1) is 0 Å². The second-order valence-electron chi connectivity index (χ2n) is 7.29. The summed E-state index contributed by atoms with van der Waals surface area (Å²) in [5.74, 6) is 0. The Balaban J connectivity index is 2.19. The highest BCUT2D eigenvalue weighted by Crippen LogP contribution is 2.37. The molecule has 122 valence electrons. The summed E-state index contributed by atoms with van der Waals surface area (Å²) in [5.41, 5.74) is 1.23. The van der Waals surface area contributed by atoms with E-state index in [0.29, 0.717) is 6.61 Å². The fourth-order valence-corrected chi connectivity index (χ4v) is 3.43. The molecule has 1 atom stereocenters. The highest BCUT2D eigenvalue weighted by Gasteiger charge is 2.39. The van der Waals surface area contributed by atoms with Crippen LogP contribution in [0.5, 0.6) is 0 Å². The van der Waals surface area contributed by atoms with Gasteiger partial charge in [-0.3, -0.25) is 0 Å². The third-order valence-corrected chi connectivity index (χ3v) is 9.08. The van der Waals surface area contributed by atoms with E-state index in [1.807, 2.05) is 6.92 Å². The van der Waals surface area contributed by atoms with E-state index in [4.69, 9.17) is 9.16 Å². The molecule has 3 nitrogen and oxygen atoms in total. The zero-order valence-electron chi connectivity index (χ0n) is 14.7. The number of benzene rings is 1. The van der Waals surface area contributed by atoms with Crippen LogP contribution in [0.15, 0.2) is 36.5 Å². The molecule has 22 heavy (non-hydrogen) atoms. The normalized spacial score (nSPS) is 14.5. The van der Waals surface area contributed by atoms with Gasteiger partial charge >= 0.3 is 0 Å². The third-order valence-electron chi connectivity index (χ3n) is 4.61. The summed E-state index contributed by atoms with van der Waals surface area (Å²) in [4.78, 5) is 0. The molecule has 0 N–H and O–H groups in total. The van der Waals surface area contributed by atoms with Gasteiger partial charge in [0.1, 0.15) is 0 Å². The highest BCUT2D eigenvalue weighted by molar-refractivity contribution is 6.74. The molecule has 0 bridgehead atoms. The van der Waals surface area contributed by atoms with Crippen molar-refractivity contribution in [1.29, 1.82) is 0 Å². The number of para-hydroxylation sites is 1. The van der Waals surface area contributed by atoms with Gasteiger partial charge in [0.05, 0.1) is 6.54 Å². The maximum Gasteiger partial charge on any atom is 0.195 e. The van der Waals surface area contributed by atoms with Gasteiger partial charge in [-0.1, -0.05) is 39.0 Å². The summed E-state index contributed by atoms with van der Waals surface area (Å²) in [6.07, 6.45) is 1.92. The molecule has 0 saturated heterocycles. The Labute approximate surface area is 135 Å². The van der Waals surface area contributed by atoms with Crippen molar-refractivity contribution in [3.63, 3.8) is 0 Å². The lowest BCUT2D eigenvalue weighted by molar-refractivity contribution is -0.0923. The zero-order chi connectivity index (χ0) is 16.4. The van der Waals surface area contributed by atoms with Crippen LogP contribution in [0.2, 0.25) is 18.1 Å². The van der Waals surface area contributed by atoms with Crippen molar-refractivity contribution >= 4 is 19.2 Å². The Hall–Kier alpha value is -1.10. The predicted molar refractivity (Wildman–Crippen MR) is 95.6 cm³/mol. The first kappa shape index (κ1) is 17.3. The van der Waals surface area contributed by atoms with Crippen molar-refractivity contribution in [3.8, 4) is 0 Å². The third kappa shape index (κ3) is 3.80. The topological polar surface area (TPSA) is 23.4 Å². The Morgan fingerprint density at radius 2 is 1.82 bits per heavy atom. The lowest BCUT2D eigenvalue weighted by Gasteiger charge is -2.39. The van der Waals surface area contributed by atoms with Crippen molar-refractivity contribution in [2.45, 2.75) is 58.7 Å². The minimum atomic E-state index is -1.84. The van der Waals surface area contributed by atoms with Crippen LogP contribution in [-0.2, 0) is 15.7 Å². The Kier molecular flexibility index (Phi) is 5.15. The van der Waals surface area contributed by atoms with Gasteiger partial charge in [-0.05, 0) is 42.6 Å². The number of fused-ring (bicyclic) bond motifs is 1. The fraction of sp³-hybridized carbons (Fsp3) is 0.556. The highest BCUT2D eigenvalue weighted by atomic mass is 28.4. The molecule has 0 aliphatic carbocycles. The molecule has 0 aliphatic rings. The van der Waals surface area contributed by atoms with Crippen LogP contribution in [0.25, 0.3) is 10.9 Å². The van der Waals surface area contributed by atoms with E-state index in [1.165, 1.54) is 10.9 Å². The van der Waals surface area contributed by atoms with Crippen LogP contribution in [0.3, 0.4) is 0 Å². The Morgan fingerprint density at radius 1 is 1.14 bits per heavy atom. The maximum atomic E-state index is 6.46. The van der Waals surface area contributed by atoms with Crippen molar-refractivity contribution < 1.29 is 9.16 Å². The van der Waals surface area contributed by atoms with Gasteiger partial charge < -0.3 is 13.7 Å². The number of hydrogen-bond donors (Lipinski definition) is 0. The van der Waals surface area contributed by atoms with E-state index in [2.05, 4.69) is 75.0 Å². The molecule has 2 aromatic rings. The largest absolute Gasteiger partial charge is 0.391 e. The Morgan fingerprint density at radius 3 is 2.45 bits per heavy atom. The van der Waals surface area contributed by atoms with Gasteiger partial charge in [-0.15, -0.1) is 0 Å². The second-order valence-corrected chi connectivity index (χ2v) is 12.0. The average molecular weight is 320 g/mol. The lowest BCUT2D eigenvalue weighted by atomic mass is 10.2. The van der Waals surface area contributed by atoms with Gasteiger partial charge in [-0.25, -0.2) is 0 Å². The van der Waals surface area contributed by atoms with Gasteiger partial charge in [0, 0.05) is 18.3 Å². The molecule has 0 radical (unpaired) electrons. The predicted octanol–water partition coefficient (Wildman–Crippen LogP) is 5.03. The van der Waals surface area contributed by atoms with E-state index in [1.54, 1.807) is 0 Å². The standard InChI is InChI=1S/C18H29NO2Si/c1-7-20-17(21-22(5,6)18(2,3)4)14-19-13-12-15-10-8-9-11-16(15)19/h8-13,17H,7,14H2,1-6H3. The SMILES string of the molecule is CCOC(Cn1ccc2ccccc21)O[Si](C)(C)C(C)(C)C. The summed E-state index contributed by atoms with van der Waals surface area (Å²) in [5, 5.41) is 1.44. The molecule has 1 aromatic carbocycles. The van der Waals surface area contributed by atoms with Crippen molar-refractivity contribution in [3.05, 3.63) is 36.5 Å². The smallest absolute Gasteiger partial charge is 0.195 e. The quantitative estimate of drug-likeness (QED) is 0.551. The summed E-state index contributed by atoms with van der Waals surface area (Å²) in [6.45, 7) is 14.7. The van der Waals surface area contributed by atoms with Crippen LogP contribution >= 0.6 is 0 Å². The lowest BCUT2D eigenvalue weighted by Crippen LogP contribution is -2.45. The van der Waals surface area contributed by atoms with Gasteiger partial charge in [0.2, 0.25) is 0 Å². The minimum absolute atomic E-state index is 0.182. The van der Waals surface area contributed by atoms with E-state index >= 15 is 0 Å². The average Bonchev–Trinajstić information content (AvgIpc) is 2.81. The van der Waals surface area contributed by atoms with Crippen molar-refractivity contribution in [2.75, 3.05) is 6.61 Å². The molecule has 0 fully saturated rings. The van der Waals surface area contributed by atoms with E-state index in [9.17, 15) is 0 Å². The van der Waals surface area contributed by atoms with Crippen molar-refractivity contribution in [2.24, 2.45) is 0 Å².